The molecule has 112 valence electrons. The van der Waals surface area contributed by atoms with Crippen LogP contribution in [0.15, 0.2) is 17.1 Å². The van der Waals surface area contributed by atoms with Gasteiger partial charge in [-0.3, -0.25) is 9.79 Å². The molecular weight excluding hydrogens is 286 g/mol. The van der Waals surface area contributed by atoms with Gasteiger partial charge in [-0.15, -0.1) is 0 Å². The molecule has 0 amide bonds. The Balaban J connectivity index is 4.83. The Bertz CT molecular complexity index is 418. The molecule has 1 atom stereocenters. The van der Waals surface area contributed by atoms with Gasteiger partial charge in [-0.1, -0.05) is 11.8 Å². The lowest BCUT2D eigenvalue weighted by molar-refractivity contribution is -0.212. The first kappa shape index (κ1) is 18.2. The lowest BCUT2D eigenvalue weighted by Gasteiger charge is -2.14. The molecule has 0 aromatic carbocycles. The van der Waals surface area contributed by atoms with Crippen LogP contribution in [-0.2, 0) is 23.9 Å². The third-order valence-corrected chi connectivity index (χ3v) is 2.74. The Morgan fingerprint density at radius 2 is 2.00 bits per heavy atom. The van der Waals surface area contributed by atoms with E-state index in [9.17, 15) is 19.5 Å². The predicted octanol–water partition coefficient (Wildman–Crippen LogP) is -0.314. The van der Waals surface area contributed by atoms with E-state index in [0.717, 1.165) is 23.9 Å². The van der Waals surface area contributed by atoms with Crippen LogP contribution in [0.25, 0.3) is 0 Å². The van der Waals surface area contributed by atoms with Crippen LogP contribution < -0.4 is 5.11 Å². The maximum absolute atomic E-state index is 11.6. The van der Waals surface area contributed by atoms with E-state index < -0.39 is 23.9 Å². The third kappa shape index (κ3) is 8.30. The van der Waals surface area contributed by atoms with Gasteiger partial charge >= 0.3 is 11.9 Å². The third-order valence-electron chi connectivity index (χ3n) is 1.85. The van der Waals surface area contributed by atoms with E-state index in [1.165, 1.54) is 14.0 Å². The van der Waals surface area contributed by atoms with Gasteiger partial charge in [0.1, 0.15) is 0 Å². The first-order chi connectivity index (χ1) is 9.40. The van der Waals surface area contributed by atoms with Crippen LogP contribution in [0.5, 0.6) is 0 Å². The first-order valence-electron chi connectivity index (χ1n) is 5.71. The van der Waals surface area contributed by atoms with Crippen LogP contribution in [0.3, 0.4) is 0 Å². The van der Waals surface area contributed by atoms with Crippen molar-refractivity contribution in [1.29, 1.82) is 0 Å². The minimum absolute atomic E-state index is 0.00592. The number of nitrogens with zero attached hydrogens (tertiary/aromatic N) is 1. The highest BCUT2D eigenvalue weighted by Gasteiger charge is 2.19. The number of hydrogen-bond acceptors (Lipinski definition) is 8. The molecule has 0 N–H and O–H groups in total. The Morgan fingerprint density at radius 1 is 1.35 bits per heavy atom. The van der Waals surface area contributed by atoms with Crippen LogP contribution in [-0.4, -0.2) is 48.5 Å². The SMILES string of the molecule is CCOC(=O)C(CSC(C)=O)N=C([O-])/C=C/C(=O)OC. The van der Waals surface area contributed by atoms with Gasteiger partial charge in [0, 0.05) is 18.8 Å². The van der Waals surface area contributed by atoms with Crippen LogP contribution in [0.4, 0.5) is 0 Å². The second kappa shape index (κ2) is 10.0. The molecule has 0 spiro atoms. The summed E-state index contributed by atoms with van der Waals surface area (Å²) < 4.78 is 9.07. The van der Waals surface area contributed by atoms with Crippen molar-refractivity contribution in [1.82, 2.24) is 0 Å². The quantitative estimate of drug-likeness (QED) is 0.275. The number of esters is 2. The van der Waals surface area contributed by atoms with Gasteiger partial charge in [-0.05, 0) is 18.9 Å². The van der Waals surface area contributed by atoms with Crippen LogP contribution in [0, 0.1) is 0 Å². The maximum atomic E-state index is 11.6. The Morgan fingerprint density at radius 3 is 2.50 bits per heavy atom. The molecule has 0 aromatic rings. The fourth-order valence-corrected chi connectivity index (χ4v) is 1.60. The predicted molar refractivity (Wildman–Crippen MR) is 72.2 cm³/mol. The average Bonchev–Trinajstić information content (AvgIpc) is 2.40. The van der Waals surface area contributed by atoms with Gasteiger partial charge in [-0.25, -0.2) is 9.59 Å². The van der Waals surface area contributed by atoms with Crippen molar-refractivity contribution in [3.05, 3.63) is 12.2 Å². The van der Waals surface area contributed by atoms with Gasteiger partial charge in [-0.2, -0.15) is 0 Å². The molecule has 0 aliphatic carbocycles. The van der Waals surface area contributed by atoms with Crippen molar-refractivity contribution in [3.63, 3.8) is 0 Å². The summed E-state index contributed by atoms with van der Waals surface area (Å²) in [5.41, 5.74) is 0. The fourth-order valence-electron chi connectivity index (χ4n) is 0.997. The van der Waals surface area contributed by atoms with Crippen molar-refractivity contribution in [2.45, 2.75) is 19.9 Å². The molecule has 0 fully saturated rings. The number of rotatable bonds is 7. The summed E-state index contributed by atoms with van der Waals surface area (Å²) in [5, 5.41) is 11.3. The van der Waals surface area contributed by atoms with Crippen LogP contribution in [0.1, 0.15) is 13.8 Å². The summed E-state index contributed by atoms with van der Waals surface area (Å²) in [5.74, 6) is -2.18. The molecule has 0 bridgehead atoms. The molecule has 0 rings (SSSR count). The van der Waals surface area contributed by atoms with Crippen molar-refractivity contribution in [2.24, 2.45) is 4.99 Å². The molecular formula is C12H16NO6S-. The lowest BCUT2D eigenvalue weighted by Crippen LogP contribution is -2.28. The zero-order valence-corrected chi connectivity index (χ0v) is 12.3. The second-order valence-corrected chi connectivity index (χ2v) is 4.59. The summed E-state index contributed by atoms with van der Waals surface area (Å²) >= 11 is 0.863. The summed E-state index contributed by atoms with van der Waals surface area (Å²) in [7, 11) is 1.17. The van der Waals surface area contributed by atoms with Gasteiger partial charge in [0.2, 0.25) is 0 Å². The normalized spacial score (nSPS) is 13.1. The largest absolute Gasteiger partial charge is 0.859 e. The number of carbonyl (C=O) groups is 3. The molecule has 0 heterocycles. The van der Waals surface area contributed by atoms with E-state index in [2.05, 4.69) is 9.73 Å². The van der Waals surface area contributed by atoms with E-state index >= 15 is 0 Å². The summed E-state index contributed by atoms with van der Waals surface area (Å²) in [6.45, 7) is 3.10. The minimum atomic E-state index is -1.08. The Hall–Kier alpha value is -1.83. The minimum Gasteiger partial charge on any atom is -0.859 e. The molecule has 0 aliphatic heterocycles. The van der Waals surface area contributed by atoms with E-state index in [1.54, 1.807) is 6.92 Å². The van der Waals surface area contributed by atoms with Gasteiger partial charge in [0.05, 0.1) is 13.7 Å². The van der Waals surface area contributed by atoms with E-state index in [4.69, 9.17) is 4.74 Å². The number of methoxy groups -OCH3 is 1. The highest BCUT2D eigenvalue weighted by molar-refractivity contribution is 8.13. The fraction of sp³-hybridized carbons (Fsp3) is 0.500. The summed E-state index contributed by atoms with van der Waals surface area (Å²) in [6, 6.07) is -1.08. The number of thioether (sulfide) groups is 1. The van der Waals surface area contributed by atoms with E-state index in [-0.39, 0.29) is 17.5 Å². The van der Waals surface area contributed by atoms with Gasteiger partial charge in [0.25, 0.3) is 0 Å². The summed E-state index contributed by atoms with van der Waals surface area (Å²) in [6.07, 6.45) is 1.78. The van der Waals surface area contributed by atoms with Crippen molar-refractivity contribution < 1.29 is 29.0 Å². The van der Waals surface area contributed by atoms with Gasteiger partial charge < -0.3 is 14.6 Å². The van der Waals surface area contributed by atoms with Crippen molar-refractivity contribution >= 4 is 34.7 Å². The molecule has 8 heteroatoms. The number of hydrogen-bond donors (Lipinski definition) is 0. The second-order valence-electron chi connectivity index (χ2n) is 3.39. The van der Waals surface area contributed by atoms with Crippen molar-refractivity contribution in [3.8, 4) is 0 Å². The molecule has 20 heavy (non-hydrogen) atoms. The van der Waals surface area contributed by atoms with Crippen LogP contribution >= 0.6 is 11.8 Å². The zero-order chi connectivity index (χ0) is 15.5. The topological polar surface area (TPSA) is 105 Å². The molecule has 0 saturated heterocycles. The molecule has 0 saturated carbocycles. The van der Waals surface area contributed by atoms with Crippen molar-refractivity contribution in [2.75, 3.05) is 19.5 Å². The number of aliphatic imine (C=N–C) groups is 1. The molecule has 0 radical (unpaired) electrons. The first-order valence-corrected chi connectivity index (χ1v) is 6.70. The molecule has 0 aromatic heterocycles. The standard InChI is InChI=1S/C12H17NO6S/c1-4-19-12(17)9(7-20-8(2)14)13-10(15)5-6-11(16)18-3/h5-6,9H,4,7H2,1-3H3,(H,13,15)/p-1/b6-5+. The molecule has 1 unspecified atom stereocenters. The molecule has 7 nitrogen and oxygen atoms in total. The highest BCUT2D eigenvalue weighted by Crippen LogP contribution is 2.08. The zero-order valence-electron chi connectivity index (χ0n) is 11.5. The summed E-state index contributed by atoms with van der Waals surface area (Å²) in [4.78, 5) is 36.9. The Kier molecular flexibility index (Phi) is 9.10. The maximum Gasteiger partial charge on any atom is 0.331 e. The number of ether oxygens (including phenoxy) is 2. The smallest absolute Gasteiger partial charge is 0.331 e. The van der Waals surface area contributed by atoms with E-state index in [1.807, 2.05) is 0 Å². The lowest BCUT2D eigenvalue weighted by atomic mass is 10.3. The molecule has 0 aliphatic rings. The monoisotopic (exact) mass is 302 g/mol. The van der Waals surface area contributed by atoms with Crippen LogP contribution in [0.2, 0.25) is 0 Å². The number of carbonyl (C=O) groups excluding carboxylic acids is 3. The van der Waals surface area contributed by atoms with Gasteiger partial charge in [0.15, 0.2) is 11.2 Å². The Labute approximate surface area is 121 Å². The average molecular weight is 302 g/mol. The van der Waals surface area contributed by atoms with E-state index in [0.29, 0.717) is 0 Å². The highest BCUT2D eigenvalue weighted by atomic mass is 32.2.